The molecule has 0 aromatic carbocycles. The van der Waals surface area contributed by atoms with Gasteiger partial charge in [0.05, 0.1) is 11.9 Å². The maximum atomic E-state index is 11.9. The van der Waals surface area contributed by atoms with E-state index in [0.717, 1.165) is 36.2 Å². The van der Waals surface area contributed by atoms with E-state index >= 15 is 0 Å². The number of fused-ring (bicyclic) bond motifs is 1. The second-order valence-corrected chi connectivity index (χ2v) is 4.98. The molecule has 1 aliphatic carbocycles. The van der Waals surface area contributed by atoms with Gasteiger partial charge in [0.25, 0.3) is 0 Å². The smallest absolute Gasteiger partial charge is 0.228 e. The van der Waals surface area contributed by atoms with Crippen molar-refractivity contribution >= 4 is 17.4 Å². The number of amides is 1. The summed E-state index contributed by atoms with van der Waals surface area (Å²) in [6.45, 7) is 3.91. The Kier molecular flexibility index (Phi) is 2.54. The van der Waals surface area contributed by atoms with E-state index in [1.807, 2.05) is 26.1 Å². The van der Waals surface area contributed by atoms with Crippen LogP contribution in [0.4, 0.5) is 5.82 Å². The molecule has 2 aromatic heterocycles. The topological polar surface area (TPSA) is 59.3 Å². The largest absolute Gasteiger partial charge is 0.309 e. The van der Waals surface area contributed by atoms with Crippen molar-refractivity contribution in [2.75, 3.05) is 5.32 Å². The van der Waals surface area contributed by atoms with Crippen LogP contribution in [0.1, 0.15) is 30.5 Å². The molecule has 5 heteroatoms. The number of aromatic nitrogens is 3. The summed E-state index contributed by atoms with van der Waals surface area (Å²) < 4.78 is 1.72. The lowest BCUT2D eigenvalue weighted by molar-refractivity contribution is -0.122. The van der Waals surface area contributed by atoms with Gasteiger partial charge in [-0.15, -0.1) is 5.10 Å². The summed E-state index contributed by atoms with van der Waals surface area (Å²) in [6, 6.07) is 1.87. The van der Waals surface area contributed by atoms with Gasteiger partial charge in [0.2, 0.25) is 5.91 Å². The second kappa shape index (κ2) is 4.08. The summed E-state index contributed by atoms with van der Waals surface area (Å²) in [6.07, 6.45) is 5.01. The SMILES string of the molecule is Cc1cn2nc(NC(=O)C3CCC3)cc(C)c2n1. The minimum atomic E-state index is 0.0873. The van der Waals surface area contributed by atoms with E-state index in [9.17, 15) is 4.79 Å². The summed E-state index contributed by atoms with van der Waals surface area (Å²) in [7, 11) is 0. The molecule has 18 heavy (non-hydrogen) atoms. The number of carbonyl (C=O) groups excluding carboxylic acids is 1. The number of hydrogen-bond acceptors (Lipinski definition) is 3. The van der Waals surface area contributed by atoms with E-state index in [1.54, 1.807) is 4.52 Å². The molecule has 3 rings (SSSR count). The molecule has 0 aliphatic heterocycles. The predicted octanol–water partition coefficient (Wildman–Crippen LogP) is 2.08. The first-order chi connectivity index (χ1) is 8.63. The van der Waals surface area contributed by atoms with Gasteiger partial charge in [0, 0.05) is 5.92 Å². The first kappa shape index (κ1) is 11.2. The van der Waals surface area contributed by atoms with Crippen molar-refractivity contribution in [2.24, 2.45) is 5.92 Å². The fourth-order valence-electron chi connectivity index (χ4n) is 2.20. The third kappa shape index (κ3) is 1.85. The highest BCUT2D eigenvalue weighted by Gasteiger charge is 2.25. The van der Waals surface area contributed by atoms with Crippen LogP contribution in [-0.4, -0.2) is 20.5 Å². The molecule has 1 fully saturated rings. The summed E-state index contributed by atoms with van der Waals surface area (Å²) in [5.41, 5.74) is 2.78. The minimum absolute atomic E-state index is 0.0873. The van der Waals surface area contributed by atoms with Crippen LogP contribution >= 0.6 is 0 Å². The monoisotopic (exact) mass is 244 g/mol. The maximum Gasteiger partial charge on any atom is 0.228 e. The van der Waals surface area contributed by atoms with Crippen LogP contribution in [-0.2, 0) is 4.79 Å². The van der Waals surface area contributed by atoms with Gasteiger partial charge in [-0.2, -0.15) is 0 Å². The van der Waals surface area contributed by atoms with Crippen LogP contribution in [0.3, 0.4) is 0 Å². The Hall–Kier alpha value is -1.91. The molecule has 0 radical (unpaired) electrons. The fraction of sp³-hybridized carbons (Fsp3) is 0.462. The standard InChI is InChI=1S/C13H16N4O/c1-8-6-11(15-13(18)10-4-3-5-10)16-17-7-9(2)14-12(8)17/h6-7,10H,3-5H2,1-2H3,(H,15,16,18). The van der Waals surface area contributed by atoms with Crippen LogP contribution < -0.4 is 5.32 Å². The van der Waals surface area contributed by atoms with Crippen molar-refractivity contribution in [3.05, 3.63) is 23.5 Å². The van der Waals surface area contributed by atoms with Gasteiger partial charge in [0.15, 0.2) is 11.5 Å². The van der Waals surface area contributed by atoms with Gasteiger partial charge >= 0.3 is 0 Å². The lowest BCUT2D eigenvalue weighted by Crippen LogP contribution is -2.28. The van der Waals surface area contributed by atoms with Crippen molar-refractivity contribution in [1.82, 2.24) is 14.6 Å². The number of hydrogen-bond donors (Lipinski definition) is 1. The number of carbonyl (C=O) groups is 1. The van der Waals surface area contributed by atoms with Crippen molar-refractivity contribution in [3.8, 4) is 0 Å². The van der Waals surface area contributed by atoms with E-state index in [-0.39, 0.29) is 11.8 Å². The number of nitrogens with one attached hydrogen (secondary N) is 1. The maximum absolute atomic E-state index is 11.9. The molecule has 2 heterocycles. The van der Waals surface area contributed by atoms with Gasteiger partial charge in [-0.05, 0) is 38.3 Å². The molecule has 0 unspecified atom stereocenters. The number of anilines is 1. The third-order valence-electron chi connectivity index (χ3n) is 3.46. The molecule has 94 valence electrons. The highest BCUT2D eigenvalue weighted by atomic mass is 16.2. The molecule has 1 saturated carbocycles. The van der Waals surface area contributed by atoms with E-state index in [2.05, 4.69) is 15.4 Å². The van der Waals surface area contributed by atoms with Crippen LogP contribution in [0.25, 0.3) is 5.65 Å². The Morgan fingerprint density at radius 2 is 2.22 bits per heavy atom. The normalized spacial score (nSPS) is 15.7. The first-order valence-corrected chi connectivity index (χ1v) is 6.28. The molecule has 1 amide bonds. The summed E-state index contributed by atoms with van der Waals surface area (Å²) in [5, 5.41) is 7.25. The van der Waals surface area contributed by atoms with Gasteiger partial charge in [-0.3, -0.25) is 4.79 Å². The zero-order valence-corrected chi connectivity index (χ0v) is 10.6. The molecule has 0 bridgehead atoms. The van der Waals surface area contributed by atoms with Crippen LogP contribution in [0.5, 0.6) is 0 Å². The molecule has 1 aliphatic rings. The van der Waals surface area contributed by atoms with Crippen molar-refractivity contribution in [1.29, 1.82) is 0 Å². The highest BCUT2D eigenvalue weighted by Crippen LogP contribution is 2.27. The first-order valence-electron chi connectivity index (χ1n) is 6.28. The quantitative estimate of drug-likeness (QED) is 0.880. The van der Waals surface area contributed by atoms with Crippen molar-refractivity contribution in [3.63, 3.8) is 0 Å². The molecule has 5 nitrogen and oxygen atoms in total. The number of aryl methyl sites for hydroxylation is 2. The number of imidazole rings is 1. The fourth-order valence-corrected chi connectivity index (χ4v) is 2.20. The highest BCUT2D eigenvalue weighted by molar-refractivity contribution is 5.92. The lowest BCUT2D eigenvalue weighted by Gasteiger charge is -2.23. The Bertz CT molecular complexity index is 613. The molecule has 2 aromatic rings. The van der Waals surface area contributed by atoms with Gasteiger partial charge < -0.3 is 5.32 Å². The van der Waals surface area contributed by atoms with Crippen molar-refractivity contribution in [2.45, 2.75) is 33.1 Å². The average Bonchev–Trinajstić information content (AvgIpc) is 2.56. The lowest BCUT2D eigenvalue weighted by atomic mass is 9.85. The molecular formula is C13H16N4O. The summed E-state index contributed by atoms with van der Waals surface area (Å²) in [5.74, 6) is 0.867. The predicted molar refractivity (Wildman–Crippen MR) is 68.4 cm³/mol. The number of nitrogens with zero attached hydrogens (tertiary/aromatic N) is 3. The van der Waals surface area contributed by atoms with E-state index in [4.69, 9.17) is 0 Å². The molecule has 1 N–H and O–H groups in total. The average molecular weight is 244 g/mol. The Balaban J connectivity index is 1.89. The summed E-state index contributed by atoms with van der Waals surface area (Å²) >= 11 is 0. The van der Waals surface area contributed by atoms with E-state index < -0.39 is 0 Å². The van der Waals surface area contributed by atoms with Crippen LogP contribution in [0.15, 0.2) is 12.3 Å². The van der Waals surface area contributed by atoms with E-state index in [0.29, 0.717) is 5.82 Å². The van der Waals surface area contributed by atoms with Crippen molar-refractivity contribution < 1.29 is 4.79 Å². The van der Waals surface area contributed by atoms with Crippen LogP contribution in [0, 0.1) is 19.8 Å². The zero-order valence-electron chi connectivity index (χ0n) is 10.6. The molecule has 0 atom stereocenters. The van der Waals surface area contributed by atoms with Gasteiger partial charge in [0.1, 0.15) is 0 Å². The number of rotatable bonds is 2. The summed E-state index contributed by atoms with van der Waals surface area (Å²) in [4.78, 5) is 16.3. The second-order valence-electron chi connectivity index (χ2n) is 4.98. The Morgan fingerprint density at radius 1 is 1.44 bits per heavy atom. The Labute approximate surface area is 105 Å². The van der Waals surface area contributed by atoms with Crippen LogP contribution in [0.2, 0.25) is 0 Å². The minimum Gasteiger partial charge on any atom is -0.309 e. The Morgan fingerprint density at radius 3 is 2.89 bits per heavy atom. The third-order valence-corrected chi connectivity index (χ3v) is 3.46. The molecule has 0 spiro atoms. The van der Waals surface area contributed by atoms with Gasteiger partial charge in [-0.25, -0.2) is 9.50 Å². The molecule has 0 saturated heterocycles. The molecular weight excluding hydrogens is 228 g/mol. The van der Waals surface area contributed by atoms with Gasteiger partial charge in [-0.1, -0.05) is 6.42 Å². The zero-order chi connectivity index (χ0) is 12.7. The van der Waals surface area contributed by atoms with E-state index in [1.165, 1.54) is 0 Å².